The van der Waals surface area contributed by atoms with E-state index in [1.54, 1.807) is 11.2 Å². The fourth-order valence-corrected chi connectivity index (χ4v) is 2.81. The van der Waals surface area contributed by atoms with Gasteiger partial charge in [0.15, 0.2) is 0 Å². The Hall–Kier alpha value is -2.88. The highest BCUT2D eigenvalue weighted by Crippen LogP contribution is 2.34. The van der Waals surface area contributed by atoms with Crippen LogP contribution in [0.4, 0.5) is 0 Å². The summed E-state index contributed by atoms with van der Waals surface area (Å²) in [5.41, 5.74) is 3.18. The molecule has 2 aromatic carbocycles. The number of rotatable bonds is 3. The van der Waals surface area contributed by atoms with Gasteiger partial charge in [-0.25, -0.2) is 5.01 Å². The maximum atomic E-state index is 11.8. The summed E-state index contributed by atoms with van der Waals surface area (Å²) < 4.78 is 0. The predicted molar refractivity (Wildman–Crippen MR) is 86.5 cm³/mol. The summed E-state index contributed by atoms with van der Waals surface area (Å²) >= 11 is 0. The average Bonchev–Trinajstić information content (AvgIpc) is 2.97. The summed E-state index contributed by atoms with van der Waals surface area (Å²) in [6, 6.07) is 18.1. The SMILES string of the molecule is O=C1C[C@@H](c2ccccc2)N1/N=C\c1c[nH]c2ccccc12. The van der Waals surface area contributed by atoms with E-state index in [1.807, 2.05) is 60.8 Å². The van der Waals surface area contributed by atoms with Gasteiger partial charge in [-0.1, -0.05) is 48.5 Å². The molecule has 1 saturated heterocycles. The van der Waals surface area contributed by atoms with Gasteiger partial charge in [0.2, 0.25) is 5.91 Å². The predicted octanol–water partition coefficient (Wildman–Crippen LogP) is 3.48. The fourth-order valence-electron chi connectivity index (χ4n) is 2.81. The molecule has 1 amide bonds. The maximum Gasteiger partial charge on any atom is 0.245 e. The first-order valence-electron chi connectivity index (χ1n) is 7.30. The van der Waals surface area contributed by atoms with E-state index in [4.69, 9.17) is 0 Å². The maximum absolute atomic E-state index is 11.8. The van der Waals surface area contributed by atoms with Crippen molar-refractivity contribution in [3.63, 3.8) is 0 Å². The van der Waals surface area contributed by atoms with Crippen LogP contribution in [0.3, 0.4) is 0 Å². The number of H-pyrrole nitrogens is 1. The van der Waals surface area contributed by atoms with Crippen molar-refractivity contribution in [2.24, 2.45) is 5.10 Å². The van der Waals surface area contributed by atoms with E-state index in [9.17, 15) is 4.79 Å². The molecule has 4 heteroatoms. The first kappa shape index (κ1) is 12.8. The van der Waals surface area contributed by atoms with E-state index in [-0.39, 0.29) is 11.9 Å². The molecule has 0 spiro atoms. The van der Waals surface area contributed by atoms with Gasteiger partial charge in [-0.05, 0) is 11.6 Å². The Kier molecular flexibility index (Phi) is 3.00. The number of nitrogens with one attached hydrogen (secondary N) is 1. The number of β-lactam (4-membered cyclic amide) rings is 1. The zero-order valence-electron chi connectivity index (χ0n) is 11.9. The number of aromatic amines is 1. The molecule has 1 aliphatic heterocycles. The van der Waals surface area contributed by atoms with E-state index in [0.29, 0.717) is 6.42 Å². The number of fused-ring (bicyclic) bond motifs is 1. The number of hydrazone groups is 1. The van der Waals surface area contributed by atoms with Gasteiger partial charge in [0.1, 0.15) is 0 Å². The molecule has 108 valence electrons. The minimum atomic E-state index is 0.0511. The molecule has 22 heavy (non-hydrogen) atoms. The summed E-state index contributed by atoms with van der Waals surface area (Å²) in [6.07, 6.45) is 4.19. The Balaban J connectivity index is 1.60. The molecule has 0 saturated carbocycles. The summed E-state index contributed by atoms with van der Waals surface area (Å²) in [5.74, 6) is 0.0601. The van der Waals surface area contributed by atoms with Gasteiger partial charge < -0.3 is 4.98 Å². The topological polar surface area (TPSA) is 48.5 Å². The molecular weight excluding hydrogens is 274 g/mol. The monoisotopic (exact) mass is 289 g/mol. The van der Waals surface area contributed by atoms with E-state index < -0.39 is 0 Å². The van der Waals surface area contributed by atoms with Crippen LogP contribution in [0.15, 0.2) is 65.9 Å². The fraction of sp³-hybridized carbons (Fsp3) is 0.111. The highest BCUT2D eigenvalue weighted by molar-refractivity contribution is 5.99. The third-order valence-corrected chi connectivity index (χ3v) is 4.05. The minimum absolute atomic E-state index is 0.0511. The van der Waals surface area contributed by atoms with Crippen LogP contribution in [-0.4, -0.2) is 22.1 Å². The highest BCUT2D eigenvalue weighted by atomic mass is 16.2. The van der Waals surface area contributed by atoms with E-state index in [0.717, 1.165) is 22.0 Å². The quantitative estimate of drug-likeness (QED) is 0.582. The number of amides is 1. The van der Waals surface area contributed by atoms with Crippen molar-refractivity contribution in [2.75, 3.05) is 0 Å². The van der Waals surface area contributed by atoms with Crippen molar-refractivity contribution in [3.8, 4) is 0 Å². The lowest BCUT2D eigenvalue weighted by Gasteiger charge is -2.36. The molecule has 3 aromatic rings. The molecule has 1 N–H and O–H groups in total. The molecule has 0 aliphatic carbocycles. The Bertz CT molecular complexity index is 851. The van der Waals surface area contributed by atoms with Crippen molar-refractivity contribution >= 4 is 23.0 Å². The number of aromatic nitrogens is 1. The summed E-state index contributed by atoms with van der Waals surface area (Å²) in [7, 11) is 0. The molecule has 1 fully saturated rings. The highest BCUT2D eigenvalue weighted by Gasteiger charge is 2.37. The van der Waals surface area contributed by atoms with Gasteiger partial charge in [0, 0.05) is 22.7 Å². The van der Waals surface area contributed by atoms with Crippen LogP contribution in [0.5, 0.6) is 0 Å². The Morgan fingerprint density at radius 1 is 1.09 bits per heavy atom. The normalized spacial score (nSPS) is 18.1. The van der Waals surface area contributed by atoms with Crippen LogP contribution < -0.4 is 0 Å². The molecule has 1 atom stereocenters. The van der Waals surface area contributed by atoms with Crippen molar-refractivity contribution in [1.82, 2.24) is 9.99 Å². The van der Waals surface area contributed by atoms with Crippen LogP contribution in [0, 0.1) is 0 Å². The summed E-state index contributed by atoms with van der Waals surface area (Å²) in [5, 5.41) is 7.07. The molecule has 4 rings (SSSR count). The number of hydrogen-bond acceptors (Lipinski definition) is 2. The van der Waals surface area contributed by atoms with Gasteiger partial charge in [0.25, 0.3) is 0 Å². The molecule has 1 aliphatic rings. The molecule has 0 unspecified atom stereocenters. The Labute approximate surface area is 128 Å². The van der Waals surface area contributed by atoms with Crippen molar-refractivity contribution in [2.45, 2.75) is 12.5 Å². The molecular formula is C18H15N3O. The lowest BCUT2D eigenvalue weighted by molar-refractivity contribution is -0.146. The molecule has 0 radical (unpaired) electrons. The zero-order chi connectivity index (χ0) is 14.9. The van der Waals surface area contributed by atoms with Crippen LogP contribution >= 0.6 is 0 Å². The molecule has 2 heterocycles. The Morgan fingerprint density at radius 2 is 1.86 bits per heavy atom. The standard InChI is InChI=1S/C18H15N3O/c22-18-10-17(13-6-2-1-3-7-13)21(18)20-12-14-11-19-16-9-5-4-8-15(14)16/h1-9,11-12,17,19H,10H2/b20-12-/t17-/m0/s1. The second-order valence-electron chi connectivity index (χ2n) is 5.40. The van der Waals surface area contributed by atoms with Gasteiger partial charge in [-0.15, -0.1) is 0 Å². The van der Waals surface area contributed by atoms with Crippen LogP contribution in [0.2, 0.25) is 0 Å². The van der Waals surface area contributed by atoms with Crippen LogP contribution in [0.1, 0.15) is 23.6 Å². The first-order valence-corrected chi connectivity index (χ1v) is 7.30. The number of carbonyl (C=O) groups excluding carboxylic acids is 1. The van der Waals surface area contributed by atoms with Gasteiger partial charge in [-0.3, -0.25) is 4.79 Å². The number of benzene rings is 2. The van der Waals surface area contributed by atoms with E-state index >= 15 is 0 Å². The third-order valence-electron chi connectivity index (χ3n) is 4.05. The van der Waals surface area contributed by atoms with Gasteiger partial charge in [0.05, 0.1) is 18.7 Å². The smallest absolute Gasteiger partial charge is 0.245 e. The number of hydrogen-bond donors (Lipinski definition) is 1. The average molecular weight is 289 g/mol. The molecule has 0 bridgehead atoms. The zero-order valence-corrected chi connectivity index (χ0v) is 11.9. The molecule has 1 aromatic heterocycles. The van der Waals surface area contributed by atoms with Crippen molar-refractivity contribution in [3.05, 3.63) is 71.9 Å². The van der Waals surface area contributed by atoms with Gasteiger partial charge >= 0.3 is 0 Å². The largest absolute Gasteiger partial charge is 0.361 e. The second-order valence-corrected chi connectivity index (χ2v) is 5.40. The molecule has 4 nitrogen and oxygen atoms in total. The number of para-hydroxylation sites is 1. The lowest BCUT2D eigenvalue weighted by atomic mass is 9.96. The van der Waals surface area contributed by atoms with Crippen LogP contribution in [-0.2, 0) is 4.79 Å². The second kappa shape index (κ2) is 5.15. The summed E-state index contributed by atoms with van der Waals surface area (Å²) in [4.78, 5) is 15.0. The van der Waals surface area contributed by atoms with E-state index in [1.165, 1.54) is 0 Å². The van der Waals surface area contributed by atoms with Crippen molar-refractivity contribution in [1.29, 1.82) is 0 Å². The van der Waals surface area contributed by atoms with Crippen molar-refractivity contribution < 1.29 is 4.79 Å². The van der Waals surface area contributed by atoms with Crippen LogP contribution in [0.25, 0.3) is 10.9 Å². The number of nitrogens with zero attached hydrogens (tertiary/aromatic N) is 2. The Morgan fingerprint density at radius 3 is 2.68 bits per heavy atom. The van der Waals surface area contributed by atoms with E-state index in [2.05, 4.69) is 10.1 Å². The first-order chi connectivity index (χ1) is 10.8. The number of carbonyl (C=O) groups is 1. The lowest BCUT2D eigenvalue weighted by Crippen LogP contribution is -2.42. The van der Waals surface area contributed by atoms with Gasteiger partial charge in [-0.2, -0.15) is 5.10 Å². The minimum Gasteiger partial charge on any atom is -0.361 e. The summed E-state index contributed by atoms with van der Waals surface area (Å²) in [6.45, 7) is 0. The third kappa shape index (κ3) is 2.09.